The third-order valence-corrected chi connectivity index (χ3v) is 5.94. The lowest BCUT2D eigenvalue weighted by atomic mass is 10.0. The molecule has 0 aliphatic heterocycles. The SMILES string of the molecule is Cc1cc(C)c([Si][Si][Si])c(C)c1C. The van der Waals surface area contributed by atoms with E-state index in [1.165, 1.54) is 22.3 Å². The highest BCUT2D eigenvalue weighted by Crippen LogP contribution is 2.12. The van der Waals surface area contributed by atoms with Gasteiger partial charge in [-0.25, -0.2) is 0 Å². The first-order chi connectivity index (χ1) is 6.07. The number of benzene rings is 1. The van der Waals surface area contributed by atoms with Crippen molar-refractivity contribution in [1.82, 2.24) is 0 Å². The third kappa shape index (κ3) is 2.21. The lowest BCUT2D eigenvalue weighted by molar-refractivity contribution is 1.26. The van der Waals surface area contributed by atoms with E-state index >= 15 is 0 Å². The van der Waals surface area contributed by atoms with Crippen LogP contribution < -0.4 is 5.19 Å². The topological polar surface area (TPSA) is 0 Å². The third-order valence-electron chi connectivity index (χ3n) is 2.54. The van der Waals surface area contributed by atoms with Gasteiger partial charge in [-0.15, -0.1) is 0 Å². The van der Waals surface area contributed by atoms with Gasteiger partial charge in [0.1, 0.15) is 0 Å². The van der Waals surface area contributed by atoms with E-state index in [1.54, 1.807) is 5.19 Å². The minimum absolute atomic E-state index is 0.854. The fourth-order valence-corrected chi connectivity index (χ4v) is 4.96. The maximum absolute atomic E-state index is 3.58. The molecule has 0 aromatic heterocycles. The van der Waals surface area contributed by atoms with Crippen LogP contribution in [0.15, 0.2) is 6.07 Å². The van der Waals surface area contributed by atoms with Crippen molar-refractivity contribution in [3.05, 3.63) is 28.3 Å². The molecule has 0 bridgehead atoms. The van der Waals surface area contributed by atoms with Crippen LogP contribution in [0.25, 0.3) is 0 Å². The van der Waals surface area contributed by atoms with Crippen molar-refractivity contribution in [2.24, 2.45) is 0 Å². The molecule has 3 heteroatoms. The Morgan fingerprint density at radius 2 is 1.62 bits per heavy atom. The van der Waals surface area contributed by atoms with E-state index in [-0.39, 0.29) is 0 Å². The molecule has 7 radical (unpaired) electrons. The van der Waals surface area contributed by atoms with Crippen LogP contribution in [0.2, 0.25) is 0 Å². The summed E-state index contributed by atoms with van der Waals surface area (Å²) in [6, 6.07) is 2.30. The van der Waals surface area contributed by atoms with Crippen LogP contribution in [0.1, 0.15) is 22.3 Å². The Morgan fingerprint density at radius 1 is 1.00 bits per heavy atom. The summed E-state index contributed by atoms with van der Waals surface area (Å²) in [7, 11) is 5.36. The van der Waals surface area contributed by atoms with Crippen LogP contribution in [0.4, 0.5) is 0 Å². The Hall–Kier alpha value is -0.129. The molecule has 1 aromatic carbocycles. The van der Waals surface area contributed by atoms with Crippen molar-refractivity contribution in [1.29, 1.82) is 0 Å². The van der Waals surface area contributed by atoms with Gasteiger partial charge in [0.2, 0.25) is 0 Å². The van der Waals surface area contributed by atoms with Crippen molar-refractivity contribution in [2.75, 3.05) is 0 Å². The summed E-state index contributed by atoms with van der Waals surface area (Å²) in [5, 5.41) is 1.55. The first kappa shape index (κ1) is 10.9. The zero-order valence-electron chi connectivity index (χ0n) is 8.58. The van der Waals surface area contributed by atoms with Gasteiger partial charge in [0.05, 0.1) is 9.04 Å². The molecule has 0 atom stereocenters. The maximum Gasteiger partial charge on any atom is 0.0611 e. The van der Waals surface area contributed by atoms with E-state index in [4.69, 9.17) is 0 Å². The van der Waals surface area contributed by atoms with Crippen LogP contribution >= 0.6 is 0 Å². The smallest absolute Gasteiger partial charge is 0.0611 e. The Kier molecular flexibility index (Phi) is 3.70. The number of hydrogen-bond acceptors (Lipinski definition) is 0. The Bertz CT molecular complexity index is 318. The lowest BCUT2D eigenvalue weighted by Gasteiger charge is -2.13. The molecular weight excluding hydrogens is 204 g/mol. The van der Waals surface area contributed by atoms with Gasteiger partial charge in [-0.05, 0) is 44.4 Å². The van der Waals surface area contributed by atoms with Gasteiger partial charge in [-0.2, -0.15) is 0 Å². The zero-order valence-corrected chi connectivity index (χ0v) is 11.6. The summed E-state index contributed by atoms with van der Waals surface area (Å²) >= 11 is 0. The predicted molar refractivity (Wildman–Crippen MR) is 62.3 cm³/mol. The molecule has 0 fully saturated rings. The highest BCUT2D eigenvalue weighted by atomic mass is 29.5. The molecule has 0 saturated carbocycles. The second-order valence-electron chi connectivity index (χ2n) is 3.39. The summed E-state index contributed by atoms with van der Waals surface area (Å²) < 4.78 is 0. The summed E-state index contributed by atoms with van der Waals surface area (Å²) in [5.41, 5.74) is 5.81. The molecule has 0 heterocycles. The quantitative estimate of drug-likeness (QED) is 0.647. The van der Waals surface area contributed by atoms with Gasteiger partial charge in [0.25, 0.3) is 0 Å². The molecule has 0 amide bonds. The second kappa shape index (κ2) is 4.39. The molecule has 13 heavy (non-hydrogen) atoms. The van der Waals surface area contributed by atoms with Crippen molar-refractivity contribution in [3.63, 3.8) is 0 Å². The summed E-state index contributed by atoms with van der Waals surface area (Å²) in [6.45, 7) is 8.87. The lowest BCUT2D eigenvalue weighted by Crippen LogP contribution is -2.27. The Morgan fingerprint density at radius 3 is 2.15 bits per heavy atom. The fraction of sp³-hybridized carbons (Fsp3) is 0.400. The van der Waals surface area contributed by atoms with Crippen LogP contribution in [0, 0.1) is 27.7 Å². The first-order valence-electron chi connectivity index (χ1n) is 4.33. The molecule has 0 saturated heterocycles. The first-order valence-corrected chi connectivity index (χ1v) is 8.83. The van der Waals surface area contributed by atoms with Gasteiger partial charge in [-0.3, -0.25) is 0 Å². The zero-order chi connectivity index (χ0) is 10.0. The van der Waals surface area contributed by atoms with Crippen LogP contribution in [-0.2, 0) is 0 Å². The van der Waals surface area contributed by atoms with E-state index in [9.17, 15) is 0 Å². The summed E-state index contributed by atoms with van der Waals surface area (Å²) in [6.07, 6.45) is 0. The molecule has 65 valence electrons. The average Bonchev–Trinajstić information content (AvgIpc) is 2.09. The van der Waals surface area contributed by atoms with E-state index in [0.29, 0.717) is 0 Å². The standard InChI is InChI=1S/C10H13Si3/c1-6-5-7(2)10(12-13-11)9(4)8(6)3/h5H,1-4H3. The maximum atomic E-state index is 3.58. The minimum atomic E-state index is 0.854. The Balaban J connectivity index is 3.26. The van der Waals surface area contributed by atoms with E-state index in [0.717, 1.165) is 17.6 Å². The molecule has 0 aliphatic rings. The van der Waals surface area contributed by atoms with E-state index in [1.807, 2.05) is 0 Å². The largest absolute Gasteiger partial charge is 0.0621 e. The van der Waals surface area contributed by atoms with Gasteiger partial charge in [-0.1, -0.05) is 16.8 Å². The monoisotopic (exact) mass is 217 g/mol. The predicted octanol–water partition coefficient (Wildman–Crippen LogP) is 0.952. The van der Waals surface area contributed by atoms with Gasteiger partial charge >= 0.3 is 0 Å². The molecule has 1 rings (SSSR count). The minimum Gasteiger partial charge on any atom is -0.0621 e. The van der Waals surface area contributed by atoms with Crippen molar-refractivity contribution in [2.45, 2.75) is 27.7 Å². The molecule has 0 N–H and O–H groups in total. The van der Waals surface area contributed by atoms with Gasteiger partial charge in [0.15, 0.2) is 0 Å². The normalized spacial score (nSPS) is 10.5. The molecule has 0 spiro atoms. The van der Waals surface area contributed by atoms with Crippen molar-refractivity contribution < 1.29 is 0 Å². The van der Waals surface area contributed by atoms with Gasteiger partial charge < -0.3 is 0 Å². The van der Waals surface area contributed by atoms with Crippen molar-refractivity contribution in [3.8, 4) is 0 Å². The highest BCUT2D eigenvalue weighted by molar-refractivity contribution is 7.27. The molecular formula is C10H13Si3. The average molecular weight is 217 g/mol. The molecule has 1 aromatic rings. The van der Waals surface area contributed by atoms with Gasteiger partial charge in [0, 0.05) is 18.3 Å². The van der Waals surface area contributed by atoms with Crippen molar-refractivity contribution >= 4 is 32.5 Å². The van der Waals surface area contributed by atoms with Crippen LogP contribution in [0.3, 0.4) is 0 Å². The summed E-state index contributed by atoms with van der Waals surface area (Å²) in [4.78, 5) is 0. The molecule has 0 aliphatic carbocycles. The van der Waals surface area contributed by atoms with E-state index < -0.39 is 0 Å². The second-order valence-corrected chi connectivity index (χ2v) is 8.14. The fourth-order valence-electron chi connectivity index (χ4n) is 1.54. The number of rotatable bonds is 2. The van der Waals surface area contributed by atoms with E-state index in [2.05, 4.69) is 43.5 Å². The van der Waals surface area contributed by atoms with Crippen LogP contribution in [0.5, 0.6) is 0 Å². The molecule has 0 nitrogen and oxygen atoms in total. The van der Waals surface area contributed by atoms with Crippen LogP contribution in [-0.4, -0.2) is 27.4 Å². The number of aryl methyl sites for hydroxylation is 2. The summed E-state index contributed by atoms with van der Waals surface area (Å²) in [5.74, 6) is 0. The number of hydrogen-bond donors (Lipinski definition) is 0. The highest BCUT2D eigenvalue weighted by Gasteiger charge is 2.06. The Labute approximate surface area is 88.8 Å². The molecule has 0 unspecified atom stereocenters.